The van der Waals surface area contributed by atoms with Gasteiger partial charge in [0.2, 0.25) is 10.0 Å². The Kier molecular flexibility index (Phi) is 4.00. The number of hydrogen-bond acceptors (Lipinski definition) is 4. The molecule has 0 bridgehead atoms. The lowest BCUT2D eigenvalue weighted by atomic mass is 10.3. The van der Waals surface area contributed by atoms with Gasteiger partial charge in [-0.15, -0.1) is 0 Å². The van der Waals surface area contributed by atoms with Gasteiger partial charge in [-0.1, -0.05) is 0 Å². The van der Waals surface area contributed by atoms with Crippen LogP contribution in [0.4, 0.5) is 5.69 Å². The van der Waals surface area contributed by atoms with Crippen molar-refractivity contribution in [2.24, 2.45) is 0 Å². The fraction of sp³-hybridized carbons (Fsp3) is 0.400. The van der Waals surface area contributed by atoms with Crippen LogP contribution in [-0.4, -0.2) is 28.4 Å². The van der Waals surface area contributed by atoms with Crippen LogP contribution >= 0.6 is 0 Å². The summed E-state index contributed by atoms with van der Waals surface area (Å²) in [5.41, 5.74) is 0.408. The molecule has 1 N–H and O–H groups in total. The highest BCUT2D eigenvalue weighted by molar-refractivity contribution is 7.92. The topological polar surface area (TPSA) is 64.6 Å². The summed E-state index contributed by atoms with van der Waals surface area (Å²) in [6, 6.07) is 4.88. The van der Waals surface area contributed by atoms with Crippen LogP contribution in [0.2, 0.25) is 0 Å². The van der Waals surface area contributed by atoms with Gasteiger partial charge in [-0.25, -0.2) is 8.42 Å². The summed E-state index contributed by atoms with van der Waals surface area (Å²) in [4.78, 5) is 0. The zero-order valence-electron chi connectivity index (χ0n) is 9.48. The van der Waals surface area contributed by atoms with Gasteiger partial charge < -0.3 is 9.47 Å². The average Bonchev–Trinajstić information content (AvgIpc) is 2.29. The van der Waals surface area contributed by atoms with E-state index in [1.54, 1.807) is 25.1 Å². The SMILES string of the molecule is CCS(=O)(=O)Nc1ccc(OC)cc1OC. The van der Waals surface area contributed by atoms with Crippen molar-refractivity contribution in [1.82, 2.24) is 0 Å². The minimum Gasteiger partial charge on any atom is -0.497 e. The summed E-state index contributed by atoms with van der Waals surface area (Å²) in [7, 11) is -0.292. The molecule has 0 aliphatic carbocycles. The number of benzene rings is 1. The highest BCUT2D eigenvalue weighted by atomic mass is 32.2. The van der Waals surface area contributed by atoms with Crippen LogP contribution in [0, 0.1) is 0 Å². The molecule has 0 aliphatic rings. The molecular formula is C10H15NO4S. The quantitative estimate of drug-likeness (QED) is 0.853. The Labute approximate surface area is 95.4 Å². The van der Waals surface area contributed by atoms with Crippen molar-refractivity contribution in [1.29, 1.82) is 0 Å². The standard InChI is InChI=1S/C10H15NO4S/c1-4-16(12,13)11-9-6-5-8(14-2)7-10(9)15-3/h5-7,11H,4H2,1-3H3. The van der Waals surface area contributed by atoms with Gasteiger partial charge in [0.1, 0.15) is 11.5 Å². The molecule has 0 saturated carbocycles. The van der Waals surface area contributed by atoms with E-state index in [2.05, 4.69) is 4.72 Å². The molecule has 6 heteroatoms. The predicted molar refractivity (Wildman–Crippen MR) is 62.6 cm³/mol. The summed E-state index contributed by atoms with van der Waals surface area (Å²) in [6.07, 6.45) is 0. The van der Waals surface area contributed by atoms with Crippen molar-refractivity contribution in [3.05, 3.63) is 18.2 Å². The number of hydrogen-bond donors (Lipinski definition) is 1. The first-order valence-electron chi connectivity index (χ1n) is 4.75. The zero-order chi connectivity index (χ0) is 12.2. The van der Waals surface area contributed by atoms with Crippen LogP contribution in [0.1, 0.15) is 6.92 Å². The minimum absolute atomic E-state index is 0.0161. The van der Waals surface area contributed by atoms with Crippen molar-refractivity contribution in [2.45, 2.75) is 6.92 Å². The van der Waals surface area contributed by atoms with Gasteiger partial charge in [-0.05, 0) is 19.1 Å². The van der Waals surface area contributed by atoms with Gasteiger partial charge in [-0.2, -0.15) is 0 Å². The summed E-state index contributed by atoms with van der Waals surface area (Å²) in [5.74, 6) is 1.05. The molecule has 0 atom stereocenters. The molecule has 0 spiro atoms. The van der Waals surface area contributed by atoms with Gasteiger partial charge >= 0.3 is 0 Å². The smallest absolute Gasteiger partial charge is 0.232 e. The van der Waals surface area contributed by atoms with Gasteiger partial charge in [0.15, 0.2) is 0 Å². The molecule has 16 heavy (non-hydrogen) atoms. The Hall–Kier alpha value is -1.43. The predicted octanol–water partition coefficient (Wildman–Crippen LogP) is 1.47. The number of methoxy groups -OCH3 is 2. The number of nitrogens with one attached hydrogen (secondary N) is 1. The molecule has 0 radical (unpaired) electrons. The number of sulfonamides is 1. The Bertz CT molecular complexity index is 456. The summed E-state index contributed by atoms with van der Waals surface area (Å²) in [5, 5.41) is 0. The zero-order valence-corrected chi connectivity index (χ0v) is 10.3. The van der Waals surface area contributed by atoms with Crippen LogP contribution in [-0.2, 0) is 10.0 Å². The lowest BCUT2D eigenvalue weighted by Crippen LogP contribution is -2.15. The van der Waals surface area contributed by atoms with E-state index in [1.165, 1.54) is 14.2 Å². The van der Waals surface area contributed by atoms with Crippen molar-refractivity contribution in [2.75, 3.05) is 24.7 Å². The van der Waals surface area contributed by atoms with Crippen LogP contribution < -0.4 is 14.2 Å². The van der Waals surface area contributed by atoms with Crippen molar-refractivity contribution in [3.8, 4) is 11.5 Å². The van der Waals surface area contributed by atoms with Crippen molar-refractivity contribution >= 4 is 15.7 Å². The Morgan fingerprint density at radius 1 is 1.25 bits per heavy atom. The van der Waals surface area contributed by atoms with E-state index in [0.717, 1.165) is 0 Å². The Balaban J connectivity index is 3.05. The maximum absolute atomic E-state index is 11.4. The Morgan fingerprint density at radius 3 is 2.44 bits per heavy atom. The molecule has 0 fully saturated rings. The van der Waals surface area contributed by atoms with E-state index >= 15 is 0 Å². The van der Waals surface area contributed by atoms with E-state index in [4.69, 9.17) is 9.47 Å². The third-order valence-electron chi connectivity index (χ3n) is 2.05. The molecule has 1 aromatic rings. The maximum Gasteiger partial charge on any atom is 0.232 e. The summed E-state index contributed by atoms with van der Waals surface area (Å²) < 4.78 is 35.3. The first kappa shape index (κ1) is 12.6. The highest BCUT2D eigenvalue weighted by Gasteiger charge is 2.11. The van der Waals surface area contributed by atoms with Gasteiger partial charge in [0.05, 0.1) is 25.7 Å². The average molecular weight is 245 g/mol. The number of ether oxygens (including phenoxy) is 2. The van der Waals surface area contributed by atoms with E-state index < -0.39 is 10.0 Å². The first-order valence-corrected chi connectivity index (χ1v) is 6.40. The normalized spacial score (nSPS) is 10.9. The summed E-state index contributed by atoms with van der Waals surface area (Å²) >= 11 is 0. The molecule has 0 aromatic heterocycles. The maximum atomic E-state index is 11.4. The van der Waals surface area contributed by atoms with Crippen LogP contribution in [0.25, 0.3) is 0 Å². The third kappa shape index (κ3) is 3.03. The highest BCUT2D eigenvalue weighted by Crippen LogP contribution is 2.29. The molecule has 90 valence electrons. The number of anilines is 1. The molecule has 5 nitrogen and oxygen atoms in total. The second kappa shape index (κ2) is 5.07. The molecule has 0 unspecified atom stereocenters. The fourth-order valence-electron chi connectivity index (χ4n) is 1.12. The first-order chi connectivity index (χ1) is 7.52. The Morgan fingerprint density at radius 2 is 1.94 bits per heavy atom. The molecule has 0 aliphatic heterocycles. The van der Waals surface area contributed by atoms with Crippen LogP contribution in [0.3, 0.4) is 0 Å². The van der Waals surface area contributed by atoms with Gasteiger partial charge in [0.25, 0.3) is 0 Å². The van der Waals surface area contributed by atoms with Gasteiger partial charge in [-0.3, -0.25) is 4.72 Å². The lowest BCUT2D eigenvalue weighted by Gasteiger charge is -2.11. The van der Waals surface area contributed by atoms with E-state index in [0.29, 0.717) is 17.2 Å². The minimum atomic E-state index is -3.30. The lowest BCUT2D eigenvalue weighted by molar-refractivity contribution is 0.395. The molecule has 0 amide bonds. The monoisotopic (exact) mass is 245 g/mol. The van der Waals surface area contributed by atoms with Crippen molar-refractivity contribution < 1.29 is 17.9 Å². The largest absolute Gasteiger partial charge is 0.497 e. The molecule has 1 aromatic carbocycles. The van der Waals surface area contributed by atoms with Crippen molar-refractivity contribution in [3.63, 3.8) is 0 Å². The van der Waals surface area contributed by atoms with E-state index in [-0.39, 0.29) is 5.75 Å². The molecule has 1 rings (SSSR count). The summed E-state index contributed by atoms with van der Waals surface area (Å²) in [6.45, 7) is 1.57. The number of rotatable bonds is 5. The van der Waals surface area contributed by atoms with E-state index in [1.807, 2.05) is 0 Å². The second-order valence-corrected chi connectivity index (χ2v) is 5.08. The van der Waals surface area contributed by atoms with Crippen LogP contribution in [0.15, 0.2) is 18.2 Å². The molecule has 0 heterocycles. The molecule has 0 saturated heterocycles. The van der Waals surface area contributed by atoms with Crippen LogP contribution in [0.5, 0.6) is 11.5 Å². The molecular weight excluding hydrogens is 230 g/mol. The second-order valence-electron chi connectivity index (χ2n) is 3.07. The third-order valence-corrected chi connectivity index (χ3v) is 3.35. The fourth-order valence-corrected chi connectivity index (χ4v) is 1.77. The van der Waals surface area contributed by atoms with E-state index in [9.17, 15) is 8.42 Å². The van der Waals surface area contributed by atoms with Gasteiger partial charge in [0, 0.05) is 6.07 Å².